The summed E-state index contributed by atoms with van der Waals surface area (Å²) < 4.78 is 97.9. The number of sulfone groups is 1. The molecule has 0 aliphatic heterocycles. The predicted octanol–water partition coefficient (Wildman–Crippen LogP) is 3.84. The highest BCUT2D eigenvalue weighted by Crippen LogP contribution is 2.34. The van der Waals surface area contributed by atoms with E-state index in [0.29, 0.717) is 24.7 Å². The van der Waals surface area contributed by atoms with E-state index in [0.717, 1.165) is 10.6 Å². The highest BCUT2D eigenvalue weighted by molar-refractivity contribution is 7.92. The monoisotopic (exact) mass is 378 g/mol. The molecular weight excluding hydrogens is 374 g/mol. The van der Waals surface area contributed by atoms with Gasteiger partial charge in [-0.3, -0.25) is 0 Å². The van der Waals surface area contributed by atoms with Crippen LogP contribution in [-0.4, -0.2) is 23.5 Å². The van der Waals surface area contributed by atoms with Gasteiger partial charge in [0.2, 0.25) is 0 Å². The lowest BCUT2D eigenvalue weighted by molar-refractivity contribution is -0.137. The van der Waals surface area contributed by atoms with Crippen LogP contribution in [0.25, 0.3) is 5.69 Å². The van der Waals surface area contributed by atoms with E-state index in [1.54, 1.807) is 0 Å². The van der Waals surface area contributed by atoms with Crippen molar-refractivity contribution in [1.29, 1.82) is 0 Å². The lowest BCUT2D eigenvalue weighted by atomic mass is 10.2. The van der Waals surface area contributed by atoms with E-state index < -0.39 is 37.1 Å². The van der Waals surface area contributed by atoms with Crippen LogP contribution in [0.1, 0.15) is 5.56 Å². The highest BCUT2D eigenvalue weighted by Gasteiger charge is 2.48. The summed E-state index contributed by atoms with van der Waals surface area (Å²) in [6.45, 7) is 0. The summed E-state index contributed by atoms with van der Waals surface area (Å²) in [4.78, 5) is 3.12. The summed E-state index contributed by atoms with van der Waals surface area (Å²) in [5.41, 5.74) is -6.76. The van der Waals surface area contributed by atoms with Crippen LogP contribution in [0.4, 0.5) is 26.3 Å². The minimum atomic E-state index is -5.66. The summed E-state index contributed by atoms with van der Waals surface area (Å²) in [5.74, 6) is 0. The maximum atomic E-state index is 12.5. The van der Waals surface area contributed by atoms with Gasteiger partial charge < -0.3 is 4.57 Å². The Morgan fingerprint density at radius 3 is 2.17 bits per heavy atom. The van der Waals surface area contributed by atoms with E-state index in [-0.39, 0.29) is 5.69 Å². The number of halogens is 7. The molecule has 0 unspecified atom stereocenters. The Balaban J connectivity index is 2.47. The van der Waals surface area contributed by atoms with Gasteiger partial charge in [0.05, 0.1) is 16.3 Å². The third kappa shape index (κ3) is 3.29. The number of alkyl halides is 6. The molecule has 2 aromatic rings. The van der Waals surface area contributed by atoms with Crippen molar-refractivity contribution in [3.05, 3.63) is 41.3 Å². The van der Waals surface area contributed by atoms with Crippen molar-refractivity contribution in [2.45, 2.75) is 16.7 Å². The van der Waals surface area contributed by atoms with Crippen LogP contribution in [0.3, 0.4) is 0 Å². The van der Waals surface area contributed by atoms with E-state index in [1.165, 1.54) is 0 Å². The second kappa shape index (κ2) is 5.41. The first-order chi connectivity index (χ1) is 10.3. The third-order valence-electron chi connectivity index (χ3n) is 2.69. The number of nitrogens with zero attached hydrogens (tertiary/aromatic N) is 2. The van der Waals surface area contributed by atoms with Gasteiger partial charge in [0.25, 0.3) is 9.84 Å². The van der Waals surface area contributed by atoms with E-state index in [4.69, 9.17) is 11.6 Å². The fraction of sp³-hybridized carbons (Fsp3) is 0.182. The van der Waals surface area contributed by atoms with Gasteiger partial charge >= 0.3 is 11.7 Å². The largest absolute Gasteiger partial charge is 0.503 e. The van der Waals surface area contributed by atoms with Crippen LogP contribution in [0.15, 0.2) is 35.7 Å². The first-order valence-electron chi connectivity index (χ1n) is 5.56. The smallest absolute Gasteiger partial charge is 0.303 e. The Hall–Kier alpha value is -1.75. The summed E-state index contributed by atoms with van der Waals surface area (Å²) in [6.07, 6.45) is -3.44. The second-order valence-electron chi connectivity index (χ2n) is 4.23. The van der Waals surface area contributed by atoms with Gasteiger partial charge in [0, 0.05) is 6.20 Å². The second-order valence-corrected chi connectivity index (χ2v) is 6.53. The van der Waals surface area contributed by atoms with Crippen LogP contribution in [0.2, 0.25) is 5.02 Å². The van der Waals surface area contributed by atoms with Gasteiger partial charge in [0.1, 0.15) is 6.33 Å². The molecule has 0 atom stereocenters. The number of imidazole rings is 1. The average molecular weight is 379 g/mol. The standard InChI is InChI=1S/C11H5ClF6N2O2S/c12-7-3-6(10(13,14)15)1-2-8(7)20-4-9(19-5-20)23(21,22)11(16,17)18/h1-5H. The van der Waals surface area contributed by atoms with Crippen molar-refractivity contribution in [2.24, 2.45) is 0 Å². The molecular formula is C11H5ClF6N2O2S. The van der Waals surface area contributed by atoms with E-state index in [2.05, 4.69) is 4.98 Å². The number of hydrogen-bond acceptors (Lipinski definition) is 3. The van der Waals surface area contributed by atoms with Gasteiger partial charge in [0.15, 0.2) is 5.03 Å². The molecule has 23 heavy (non-hydrogen) atoms. The molecule has 0 aliphatic rings. The molecule has 0 radical (unpaired) electrons. The average Bonchev–Trinajstić information content (AvgIpc) is 2.86. The van der Waals surface area contributed by atoms with Crippen molar-refractivity contribution in [3.63, 3.8) is 0 Å². The van der Waals surface area contributed by atoms with Crippen molar-refractivity contribution < 1.29 is 34.8 Å². The lowest BCUT2D eigenvalue weighted by Gasteiger charge is -2.10. The molecule has 0 N–H and O–H groups in total. The number of rotatable bonds is 2. The molecule has 0 amide bonds. The number of benzene rings is 1. The zero-order valence-electron chi connectivity index (χ0n) is 10.7. The van der Waals surface area contributed by atoms with Gasteiger partial charge in [-0.1, -0.05) is 11.6 Å². The molecule has 1 aromatic heterocycles. The molecule has 0 saturated heterocycles. The molecule has 4 nitrogen and oxygen atoms in total. The molecule has 126 valence electrons. The Kier molecular flexibility index (Phi) is 4.14. The van der Waals surface area contributed by atoms with Gasteiger partial charge in [-0.25, -0.2) is 13.4 Å². The van der Waals surface area contributed by atoms with Gasteiger partial charge in [-0.15, -0.1) is 0 Å². The lowest BCUT2D eigenvalue weighted by Crippen LogP contribution is -2.23. The van der Waals surface area contributed by atoms with Crippen molar-refractivity contribution >= 4 is 21.4 Å². The summed E-state index contributed by atoms with van der Waals surface area (Å²) >= 11 is 5.66. The fourth-order valence-corrected chi connectivity index (χ4v) is 2.54. The molecule has 1 heterocycles. The van der Waals surface area contributed by atoms with Crippen LogP contribution in [0, 0.1) is 0 Å². The Bertz CT molecular complexity index is 841. The van der Waals surface area contributed by atoms with Crippen LogP contribution < -0.4 is 0 Å². The molecule has 1 aromatic carbocycles. The molecule has 12 heteroatoms. The Labute approximate surface area is 130 Å². The summed E-state index contributed by atoms with van der Waals surface area (Å²) in [6, 6.07) is 2.10. The van der Waals surface area contributed by atoms with Crippen LogP contribution in [-0.2, 0) is 16.0 Å². The molecule has 0 bridgehead atoms. The minimum Gasteiger partial charge on any atom is -0.303 e. The van der Waals surface area contributed by atoms with Crippen LogP contribution in [0.5, 0.6) is 0 Å². The normalized spacial score (nSPS) is 13.3. The Morgan fingerprint density at radius 2 is 1.70 bits per heavy atom. The fourth-order valence-electron chi connectivity index (χ4n) is 1.59. The Morgan fingerprint density at radius 1 is 1.09 bits per heavy atom. The van der Waals surface area contributed by atoms with E-state index in [1.807, 2.05) is 0 Å². The molecule has 0 aliphatic carbocycles. The zero-order chi connectivity index (χ0) is 17.6. The molecule has 0 fully saturated rings. The van der Waals surface area contributed by atoms with Crippen molar-refractivity contribution in [2.75, 3.05) is 0 Å². The number of aromatic nitrogens is 2. The molecule has 0 spiro atoms. The predicted molar refractivity (Wildman–Crippen MR) is 66.8 cm³/mol. The van der Waals surface area contributed by atoms with E-state index in [9.17, 15) is 34.8 Å². The van der Waals surface area contributed by atoms with Gasteiger partial charge in [-0.2, -0.15) is 26.3 Å². The minimum absolute atomic E-state index is 0.157. The van der Waals surface area contributed by atoms with E-state index >= 15 is 0 Å². The first kappa shape index (κ1) is 17.6. The molecule has 0 saturated carbocycles. The SMILES string of the molecule is O=S(=O)(c1cn(-c2ccc(C(F)(F)F)cc2Cl)cn1)C(F)(F)F. The summed E-state index contributed by atoms with van der Waals surface area (Å²) in [7, 11) is -5.66. The maximum Gasteiger partial charge on any atom is 0.503 e. The molecule has 2 rings (SSSR count). The first-order valence-corrected chi connectivity index (χ1v) is 7.42. The van der Waals surface area contributed by atoms with Crippen molar-refractivity contribution in [3.8, 4) is 5.69 Å². The summed E-state index contributed by atoms with van der Waals surface area (Å²) in [5, 5.41) is -1.73. The zero-order valence-corrected chi connectivity index (χ0v) is 12.2. The van der Waals surface area contributed by atoms with Crippen LogP contribution >= 0.6 is 11.6 Å². The quantitative estimate of drug-likeness (QED) is 0.746. The maximum absolute atomic E-state index is 12.5. The highest BCUT2D eigenvalue weighted by atomic mass is 35.5. The number of hydrogen-bond donors (Lipinski definition) is 0. The van der Waals surface area contributed by atoms with Gasteiger partial charge in [-0.05, 0) is 18.2 Å². The third-order valence-corrected chi connectivity index (χ3v) is 4.37. The van der Waals surface area contributed by atoms with Crippen molar-refractivity contribution in [1.82, 2.24) is 9.55 Å². The topological polar surface area (TPSA) is 52.0 Å².